The first-order valence-electron chi connectivity index (χ1n) is 6.19. The third kappa shape index (κ3) is 3.69. The number of nitriles is 1. The monoisotopic (exact) mass is 281 g/mol. The zero-order valence-electron chi connectivity index (χ0n) is 11.3. The summed E-state index contributed by atoms with van der Waals surface area (Å²) in [6, 6.07) is 6.16. The smallest absolute Gasteiger partial charge is 0.244 e. The third-order valence-corrected chi connectivity index (χ3v) is 4.83. The highest BCUT2D eigenvalue weighted by Crippen LogP contribution is 2.22. The number of rotatable bonds is 6. The molecule has 0 amide bonds. The van der Waals surface area contributed by atoms with E-state index < -0.39 is 10.0 Å². The molecule has 1 aromatic carbocycles. The number of hydrogen-bond donors (Lipinski definition) is 1. The Labute approximate surface area is 114 Å². The SMILES string of the molecule is CCCCCN(C)S(=O)(=O)c1ccc(C#N)cc1N. The largest absolute Gasteiger partial charge is 0.398 e. The minimum atomic E-state index is -3.58. The number of anilines is 1. The van der Waals surface area contributed by atoms with E-state index in [-0.39, 0.29) is 10.6 Å². The van der Waals surface area contributed by atoms with Crippen LogP contribution in [0.2, 0.25) is 0 Å². The van der Waals surface area contributed by atoms with Crippen molar-refractivity contribution >= 4 is 15.7 Å². The van der Waals surface area contributed by atoms with Gasteiger partial charge in [-0.25, -0.2) is 12.7 Å². The Bertz CT molecular complexity index is 576. The molecule has 2 N–H and O–H groups in total. The number of hydrogen-bond acceptors (Lipinski definition) is 4. The summed E-state index contributed by atoms with van der Waals surface area (Å²) in [7, 11) is -2.03. The molecule has 0 aliphatic rings. The summed E-state index contributed by atoms with van der Waals surface area (Å²) in [5.74, 6) is 0. The highest BCUT2D eigenvalue weighted by Gasteiger charge is 2.22. The predicted molar refractivity (Wildman–Crippen MR) is 74.9 cm³/mol. The second-order valence-electron chi connectivity index (χ2n) is 4.40. The normalized spacial score (nSPS) is 11.5. The van der Waals surface area contributed by atoms with Gasteiger partial charge in [0.15, 0.2) is 0 Å². The fraction of sp³-hybridized carbons (Fsp3) is 0.462. The molecule has 0 saturated heterocycles. The maximum atomic E-state index is 12.3. The topological polar surface area (TPSA) is 87.2 Å². The summed E-state index contributed by atoms with van der Waals surface area (Å²) >= 11 is 0. The number of nitrogens with zero attached hydrogens (tertiary/aromatic N) is 2. The van der Waals surface area contributed by atoms with Crippen molar-refractivity contribution in [3.05, 3.63) is 23.8 Å². The zero-order valence-corrected chi connectivity index (χ0v) is 12.1. The molecule has 0 aliphatic carbocycles. The lowest BCUT2D eigenvalue weighted by molar-refractivity contribution is 0.454. The highest BCUT2D eigenvalue weighted by atomic mass is 32.2. The Balaban J connectivity index is 2.97. The van der Waals surface area contributed by atoms with Crippen molar-refractivity contribution < 1.29 is 8.42 Å². The number of nitrogens with two attached hydrogens (primary N) is 1. The van der Waals surface area contributed by atoms with Gasteiger partial charge < -0.3 is 5.73 Å². The van der Waals surface area contributed by atoms with Crippen molar-refractivity contribution in [1.29, 1.82) is 5.26 Å². The summed E-state index contributed by atoms with van der Waals surface area (Å²) in [4.78, 5) is 0.0606. The molecule has 1 rings (SSSR count). The van der Waals surface area contributed by atoms with Crippen molar-refractivity contribution in [2.24, 2.45) is 0 Å². The Morgan fingerprint density at radius 2 is 2.05 bits per heavy atom. The van der Waals surface area contributed by atoms with Crippen molar-refractivity contribution in [3.8, 4) is 6.07 Å². The van der Waals surface area contributed by atoms with Gasteiger partial charge in [0.2, 0.25) is 10.0 Å². The van der Waals surface area contributed by atoms with Crippen molar-refractivity contribution in [2.45, 2.75) is 31.1 Å². The number of nitrogen functional groups attached to an aromatic ring is 1. The van der Waals surface area contributed by atoms with Gasteiger partial charge in [0.25, 0.3) is 0 Å². The van der Waals surface area contributed by atoms with Gasteiger partial charge in [-0.3, -0.25) is 0 Å². The Morgan fingerprint density at radius 3 is 2.58 bits per heavy atom. The van der Waals surface area contributed by atoms with Crippen LogP contribution in [0.25, 0.3) is 0 Å². The van der Waals surface area contributed by atoms with Crippen molar-refractivity contribution in [2.75, 3.05) is 19.3 Å². The van der Waals surface area contributed by atoms with E-state index in [1.165, 1.54) is 22.5 Å². The molecule has 0 spiro atoms. The van der Waals surface area contributed by atoms with Gasteiger partial charge in [-0.1, -0.05) is 19.8 Å². The van der Waals surface area contributed by atoms with E-state index in [0.29, 0.717) is 12.1 Å². The molecule has 19 heavy (non-hydrogen) atoms. The van der Waals surface area contributed by atoms with Gasteiger partial charge >= 0.3 is 0 Å². The Kier molecular flexibility index (Phi) is 5.33. The van der Waals surface area contributed by atoms with Crippen LogP contribution < -0.4 is 5.73 Å². The van der Waals surface area contributed by atoms with Crippen LogP contribution in [-0.4, -0.2) is 26.3 Å². The maximum absolute atomic E-state index is 12.3. The molecule has 0 radical (unpaired) electrons. The van der Waals surface area contributed by atoms with Crippen LogP contribution in [0.15, 0.2) is 23.1 Å². The summed E-state index contributed by atoms with van der Waals surface area (Å²) < 4.78 is 25.9. The lowest BCUT2D eigenvalue weighted by Crippen LogP contribution is -2.28. The van der Waals surface area contributed by atoms with E-state index in [0.717, 1.165) is 19.3 Å². The highest BCUT2D eigenvalue weighted by molar-refractivity contribution is 7.89. The molecule has 0 unspecified atom stereocenters. The van der Waals surface area contributed by atoms with E-state index in [9.17, 15) is 8.42 Å². The van der Waals surface area contributed by atoms with E-state index >= 15 is 0 Å². The Hall–Kier alpha value is -1.58. The van der Waals surface area contributed by atoms with Crippen LogP contribution in [0.5, 0.6) is 0 Å². The summed E-state index contributed by atoms with van der Waals surface area (Å²) in [6.07, 6.45) is 2.85. The molecule has 5 nitrogen and oxygen atoms in total. The van der Waals surface area contributed by atoms with E-state index in [4.69, 9.17) is 11.0 Å². The molecule has 1 aromatic rings. The van der Waals surface area contributed by atoms with Gasteiger partial charge in [-0.05, 0) is 24.6 Å². The first-order valence-corrected chi connectivity index (χ1v) is 7.63. The summed E-state index contributed by atoms with van der Waals surface area (Å²) in [6.45, 7) is 2.53. The lowest BCUT2D eigenvalue weighted by atomic mass is 10.2. The van der Waals surface area contributed by atoms with Crippen LogP contribution in [0, 0.1) is 11.3 Å². The first kappa shape index (κ1) is 15.5. The average molecular weight is 281 g/mol. The minimum absolute atomic E-state index is 0.0606. The molecule has 0 atom stereocenters. The molecule has 0 aliphatic heterocycles. The minimum Gasteiger partial charge on any atom is -0.398 e. The molecule has 6 heteroatoms. The standard InChI is InChI=1S/C13H19N3O2S/c1-3-4-5-8-16(2)19(17,18)13-7-6-11(10-14)9-12(13)15/h6-7,9H,3-5,8,15H2,1-2H3. The fourth-order valence-electron chi connectivity index (χ4n) is 1.73. The zero-order chi connectivity index (χ0) is 14.5. The molecule has 0 fully saturated rings. The molecule has 0 bridgehead atoms. The van der Waals surface area contributed by atoms with Gasteiger partial charge in [0.1, 0.15) is 4.90 Å². The van der Waals surface area contributed by atoms with Crippen LogP contribution in [0.3, 0.4) is 0 Å². The number of benzene rings is 1. The van der Waals surface area contributed by atoms with E-state index in [1.54, 1.807) is 7.05 Å². The maximum Gasteiger partial charge on any atom is 0.244 e. The van der Waals surface area contributed by atoms with Crippen LogP contribution in [-0.2, 0) is 10.0 Å². The van der Waals surface area contributed by atoms with Crippen LogP contribution in [0.4, 0.5) is 5.69 Å². The quantitative estimate of drug-likeness (QED) is 0.637. The molecule has 0 saturated carbocycles. The third-order valence-electron chi connectivity index (χ3n) is 2.90. The first-order chi connectivity index (χ1) is 8.93. The van der Waals surface area contributed by atoms with Gasteiger partial charge in [0.05, 0.1) is 17.3 Å². The van der Waals surface area contributed by atoms with Gasteiger partial charge in [-0.2, -0.15) is 5.26 Å². The fourth-order valence-corrected chi connectivity index (χ4v) is 3.03. The van der Waals surface area contributed by atoms with E-state index in [2.05, 4.69) is 6.92 Å². The predicted octanol–water partition coefficient (Wildman–Crippen LogP) is 1.95. The molecule has 0 aromatic heterocycles. The summed E-state index contributed by atoms with van der Waals surface area (Å²) in [5, 5.41) is 8.74. The number of sulfonamides is 1. The van der Waals surface area contributed by atoms with Crippen molar-refractivity contribution in [3.63, 3.8) is 0 Å². The molecular formula is C13H19N3O2S. The van der Waals surface area contributed by atoms with E-state index in [1.807, 2.05) is 6.07 Å². The van der Waals surface area contributed by atoms with Gasteiger partial charge in [-0.15, -0.1) is 0 Å². The van der Waals surface area contributed by atoms with Gasteiger partial charge in [0, 0.05) is 13.6 Å². The van der Waals surface area contributed by atoms with Crippen LogP contribution in [0.1, 0.15) is 31.7 Å². The summed E-state index contributed by atoms with van der Waals surface area (Å²) in [5.41, 5.74) is 6.18. The second kappa shape index (κ2) is 6.55. The lowest BCUT2D eigenvalue weighted by Gasteiger charge is -2.18. The number of unbranched alkanes of at least 4 members (excludes halogenated alkanes) is 2. The average Bonchev–Trinajstić information content (AvgIpc) is 2.38. The molecule has 0 heterocycles. The molecular weight excluding hydrogens is 262 g/mol. The molecule has 104 valence electrons. The Morgan fingerprint density at radius 1 is 1.37 bits per heavy atom. The van der Waals surface area contributed by atoms with Crippen molar-refractivity contribution in [1.82, 2.24) is 4.31 Å². The second-order valence-corrected chi connectivity index (χ2v) is 6.41. The van der Waals surface area contributed by atoms with Crippen LogP contribution >= 0.6 is 0 Å².